The van der Waals surface area contributed by atoms with Crippen molar-refractivity contribution in [2.45, 2.75) is 6.92 Å². The van der Waals surface area contributed by atoms with Crippen molar-refractivity contribution in [1.82, 2.24) is 0 Å². The monoisotopic (exact) mass is 192 g/mol. The molecule has 4 heteroatoms. The van der Waals surface area contributed by atoms with Crippen molar-refractivity contribution in [2.75, 3.05) is 19.1 Å². The van der Waals surface area contributed by atoms with E-state index >= 15 is 0 Å². The van der Waals surface area contributed by atoms with Crippen molar-refractivity contribution in [3.63, 3.8) is 0 Å². The molecule has 14 heavy (non-hydrogen) atoms. The van der Waals surface area contributed by atoms with Crippen LogP contribution in [0.5, 0.6) is 5.75 Å². The van der Waals surface area contributed by atoms with Crippen molar-refractivity contribution in [3.05, 3.63) is 23.8 Å². The second-order valence-corrected chi connectivity index (χ2v) is 2.62. The molecule has 0 fully saturated rings. The molecule has 0 saturated heterocycles. The highest BCUT2D eigenvalue weighted by atomic mass is 16.7. The average molecular weight is 192 g/mol. The first-order chi connectivity index (χ1) is 6.77. The predicted molar refractivity (Wildman–Crippen MR) is 52.7 cm³/mol. The van der Waals surface area contributed by atoms with Gasteiger partial charge in [-0.1, -0.05) is 0 Å². The van der Waals surface area contributed by atoms with E-state index in [4.69, 9.17) is 20.5 Å². The van der Waals surface area contributed by atoms with Crippen molar-refractivity contribution in [3.8, 4) is 11.8 Å². The van der Waals surface area contributed by atoms with Crippen LogP contribution in [0.3, 0.4) is 0 Å². The number of nitriles is 1. The van der Waals surface area contributed by atoms with E-state index in [0.29, 0.717) is 23.6 Å². The maximum atomic E-state index is 8.77. The summed E-state index contributed by atoms with van der Waals surface area (Å²) in [5.41, 5.74) is 6.49. The summed E-state index contributed by atoms with van der Waals surface area (Å²) < 4.78 is 10.2. The van der Waals surface area contributed by atoms with Gasteiger partial charge in [-0.25, -0.2) is 0 Å². The first-order valence-electron chi connectivity index (χ1n) is 4.28. The summed E-state index contributed by atoms with van der Waals surface area (Å²) >= 11 is 0. The molecule has 0 saturated carbocycles. The van der Waals surface area contributed by atoms with Gasteiger partial charge in [0, 0.05) is 12.3 Å². The predicted octanol–water partition coefficient (Wildman–Crippen LogP) is 1.51. The fourth-order valence-corrected chi connectivity index (χ4v) is 0.949. The number of nitrogen functional groups attached to an aromatic ring is 1. The average Bonchev–Trinajstić information content (AvgIpc) is 2.20. The van der Waals surface area contributed by atoms with Crippen LogP contribution < -0.4 is 10.5 Å². The van der Waals surface area contributed by atoms with Gasteiger partial charge < -0.3 is 15.2 Å². The van der Waals surface area contributed by atoms with Crippen LogP contribution in [-0.4, -0.2) is 13.4 Å². The molecule has 1 rings (SSSR count). The first kappa shape index (κ1) is 10.4. The zero-order valence-electron chi connectivity index (χ0n) is 7.99. The molecule has 0 spiro atoms. The Bertz CT molecular complexity index is 344. The number of nitrogens with zero attached hydrogens (tertiary/aromatic N) is 1. The Morgan fingerprint density at radius 1 is 1.50 bits per heavy atom. The topological polar surface area (TPSA) is 68.3 Å². The third kappa shape index (κ3) is 2.64. The highest BCUT2D eigenvalue weighted by Crippen LogP contribution is 2.20. The van der Waals surface area contributed by atoms with Gasteiger partial charge in [0.25, 0.3) is 0 Å². The summed E-state index contributed by atoms with van der Waals surface area (Å²) in [6, 6.07) is 6.92. The summed E-state index contributed by atoms with van der Waals surface area (Å²) in [4.78, 5) is 0. The summed E-state index contributed by atoms with van der Waals surface area (Å²) in [6.45, 7) is 2.60. The normalized spacial score (nSPS) is 9.43. The van der Waals surface area contributed by atoms with Gasteiger partial charge in [-0.2, -0.15) is 5.26 Å². The van der Waals surface area contributed by atoms with Crippen molar-refractivity contribution < 1.29 is 9.47 Å². The van der Waals surface area contributed by atoms with Gasteiger partial charge in [-0.15, -0.1) is 0 Å². The van der Waals surface area contributed by atoms with E-state index in [1.165, 1.54) is 0 Å². The van der Waals surface area contributed by atoms with Crippen LogP contribution in [-0.2, 0) is 4.74 Å². The smallest absolute Gasteiger partial charge is 0.189 e. The van der Waals surface area contributed by atoms with E-state index in [9.17, 15) is 0 Å². The Kier molecular flexibility index (Phi) is 3.77. The first-order valence-corrected chi connectivity index (χ1v) is 4.28. The largest absolute Gasteiger partial charge is 0.466 e. The van der Waals surface area contributed by atoms with Crippen LogP contribution >= 0.6 is 0 Å². The fourth-order valence-electron chi connectivity index (χ4n) is 0.949. The fraction of sp³-hybridized carbons (Fsp3) is 0.300. The Morgan fingerprint density at radius 2 is 2.29 bits per heavy atom. The van der Waals surface area contributed by atoms with Gasteiger partial charge in [-0.3, -0.25) is 0 Å². The molecule has 0 aromatic heterocycles. The Labute approximate surface area is 82.9 Å². The molecule has 0 amide bonds. The Hall–Kier alpha value is -1.73. The number of hydrogen-bond donors (Lipinski definition) is 1. The van der Waals surface area contributed by atoms with Gasteiger partial charge in [0.15, 0.2) is 6.79 Å². The second kappa shape index (κ2) is 5.10. The van der Waals surface area contributed by atoms with Gasteiger partial charge in [0.2, 0.25) is 0 Å². The lowest BCUT2D eigenvalue weighted by atomic mass is 10.2. The summed E-state index contributed by atoms with van der Waals surface area (Å²) in [5.74, 6) is 0.496. The van der Waals surface area contributed by atoms with E-state index in [1.54, 1.807) is 18.2 Å². The lowest BCUT2D eigenvalue weighted by Gasteiger charge is -2.07. The van der Waals surface area contributed by atoms with Gasteiger partial charge in [-0.05, 0) is 25.1 Å². The SMILES string of the molecule is CCOCOc1ccc(N)cc1C#N. The third-order valence-corrected chi connectivity index (χ3v) is 1.63. The van der Waals surface area contributed by atoms with Crippen LogP contribution in [0.1, 0.15) is 12.5 Å². The number of anilines is 1. The molecule has 74 valence electrons. The van der Waals surface area contributed by atoms with E-state index in [1.807, 2.05) is 13.0 Å². The minimum Gasteiger partial charge on any atom is -0.466 e. The van der Waals surface area contributed by atoms with Crippen LogP contribution in [0.4, 0.5) is 5.69 Å². The minimum atomic E-state index is 0.148. The second-order valence-electron chi connectivity index (χ2n) is 2.62. The number of nitrogens with two attached hydrogens (primary N) is 1. The van der Waals surface area contributed by atoms with Crippen LogP contribution in [0.2, 0.25) is 0 Å². The lowest BCUT2D eigenvalue weighted by Crippen LogP contribution is -2.03. The molecule has 1 aromatic carbocycles. The maximum absolute atomic E-state index is 8.77. The molecule has 0 radical (unpaired) electrons. The highest BCUT2D eigenvalue weighted by Gasteiger charge is 2.02. The Balaban J connectivity index is 2.72. The molecule has 1 aromatic rings. The number of rotatable bonds is 4. The van der Waals surface area contributed by atoms with Crippen LogP contribution in [0.15, 0.2) is 18.2 Å². The van der Waals surface area contributed by atoms with Crippen LogP contribution in [0.25, 0.3) is 0 Å². The molecule has 0 aliphatic rings. The van der Waals surface area contributed by atoms with Crippen molar-refractivity contribution in [1.29, 1.82) is 5.26 Å². The Morgan fingerprint density at radius 3 is 2.93 bits per heavy atom. The minimum absolute atomic E-state index is 0.148. The summed E-state index contributed by atoms with van der Waals surface area (Å²) in [5, 5.41) is 8.77. The molecule has 0 atom stereocenters. The molecule has 0 bridgehead atoms. The summed E-state index contributed by atoms with van der Waals surface area (Å²) in [6.07, 6.45) is 0. The van der Waals surface area contributed by atoms with Gasteiger partial charge >= 0.3 is 0 Å². The molecule has 0 unspecified atom stereocenters. The third-order valence-electron chi connectivity index (χ3n) is 1.63. The van der Waals surface area contributed by atoms with E-state index < -0.39 is 0 Å². The lowest BCUT2D eigenvalue weighted by molar-refractivity contribution is 0.0222. The van der Waals surface area contributed by atoms with Crippen LogP contribution in [0, 0.1) is 11.3 Å². The van der Waals surface area contributed by atoms with Crippen molar-refractivity contribution >= 4 is 5.69 Å². The standard InChI is InChI=1S/C10H12N2O2/c1-2-13-7-14-10-4-3-9(12)5-8(10)6-11/h3-5H,2,7,12H2,1H3. The molecular formula is C10H12N2O2. The molecule has 2 N–H and O–H groups in total. The van der Waals surface area contributed by atoms with E-state index in [-0.39, 0.29) is 6.79 Å². The molecule has 0 aliphatic heterocycles. The zero-order chi connectivity index (χ0) is 10.4. The highest BCUT2D eigenvalue weighted by molar-refractivity contribution is 5.53. The van der Waals surface area contributed by atoms with Gasteiger partial charge in [0.05, 0.1) is 5.56 Å². The van der Waals surface area contributed by atoms with Crippen molar-refractivity contribution in [2.24, 2.45) is 0 Å². The van der Waals surface area contributed by atoms with Gasteiger partial charge in [0.1, 0.15) is 11.8 Å². The molecule has 0 heterocycles. The zero-order valence-corrected chi connectivity index (χ0v) is 7.99. The molecular weight excluding hydrogens is 180 g/mol. The van der Waals surface area contributed by atoms with E-state index in [0.717, 1.165) is 0 Å². The quantitative estimate of drug-likeness (QED) is 0.446. The maximum Gasteiger partial charge on any atom is 0.189 e. The number of ether oxygens (including phenoxy) is 2. The molecule has 4 nitrogen and oxygen atoms in total. The van der Waals surface area contributed by atoms with E-state index in [2.05, 4.69) is 0 Å². The number of hydrogen-bond acceptors (Lipinski definition) is 4. The number of benzene rings is 1. The summed E-state index contributed by atoms with van der Waals surface area (Å²) in [7, 11) is 0. The molecule has 0 aliphatic carbocycles.